The molecule has 4 nitrogen and oxygen atoms in total. The van der Waals surface area contributed by atoms with E-state index in [0.717, 1.165) is 11.1 Å². The Balaban J connectivity index is 2.40. The predicted octanol–water partition coefficient (Wildman–Crippen LogP) is 2.89. The van der Waals surface area contributed by atoms with Gasteiger partial charge in [0.2, 0.25) is 0 Å². The fraction of sp³-hybridized carbons (Fsp3) is 0.154. The first-order valence-electron chi connectivity index (χ1n) is 5.29. The molecule has 0 bridgehead atoms. The number of nitrogens with zero attached hydrogens (tertiary/aromatic N) is 2. The summed E-state index contributed by atoms with van der Waals surface area (Å²) in [7, 11) is 1.28. The summed E-state index contributed by atoms with van der Waals surface area (Å²) < 4.78 is 4.58. The summed E-state index contributed by atoms with van der Waals surface area (Å²) in [6.07, 6.45) is 1.37. The van der Waals surface area contributed by atoms with Crippen molar-refractivity contribution in [2.45, 2.75) is 6.92 Å². The van der Waals surface area contributed by atoms with Crippen LogP contribution in [0, 0.1) is 6.92 Å². The van der Waals surface area contributed by atoms with Gasteiger partial charge in [-0.3, -0.25) is 0 Å². The number of aromatic nitrogens is 2. The fourth-order valence-corrected chi connectivity index (χ4v) is 1.66. The Kier molecular flexibility index (Phi) is 3.58. The monoisotopic (exact) mass is 262 g/mol. The Morgan fingerprint density at radius 1 is 1.28 bits per heavy atom. The molecule has 1 aromatic carbocycles. The first-order valence-corrected chi connectivity index (χ1v) is 5.67. The number of carbonyl (C=O) groups is 1. The molecule has 0 saturated heterocycles. The molecule has 0 radical (unpaired) electrons. The highest BCUT2D eigenvalue weighted by Crippen LogP contribution is 2.20. The highest BCUT2D eigenvalue weighted by atomic mass is 35.5. The van der Waals surface area contributed by atoms with Crippen LogP contribution in [-0.4, -0.2) is 23.0 Å². The molecule has 0 amide bonds. The summed E-state index contributed by atoms with van der Waals surface area (Å²) in [5.41, 5.74) is 2.16. The van der Waals surface area contributed by atoms with E-state index in [9.17, 15) is 4.79 Å². The average molecular weight is 263 g/mol. The lowest BCUT2D eigenvalue weighted by Gasteiger charge is -2.04. The summed E-state index contributed by atoms with van der Waals surface area (Å²) >= 11 is 5.93. The highest BCUT2D eigenvalue weighted by molar-refractivity contribution is 6.32. The predicted molar refractivity (Wildman–Crippen MR) is 68.6 cm³/mol. The zero-order valence-electron chi connectivity index (χ0n) is 9.98. The van der Waals surface area contributed by atoms with Crippen LogP contribution in [-0.2, 0) is 4.74 Å². The number of benzene rings is 1. The first-order chi connectivity index (χ1) is 8.61. The molecule has 0 saturated carbocycles. The van der Waals surface area contributed by atoms with Gasteiger partial charge in [0.05, 0.1) is 7.11 Å². The normalized spacial score (nSPS) is 10.2. The van der Waals surface area contributed by atoms with E-state index in [1.54, 1.807) is 0 Å². The van der Waals surface area contributed by atoms with Crippen molar-refractivity contribution in [3.63, 3.8) is 0 Å². The van der Waals surface area contributed by atoms with Gasteiger partial charge in [-0.2, -0.15) is 0 Å². The summed E-state index contributed by atoms with van der Waals surface area (Å²) in [5, 5.41) is 0.0902. The largest absolute Gasteiger partial charge is 0.465 e. The molecule has 1 heterocycles. The van der Waals surface area contributed by atoms with Crippen molar-refractivity contribution >= 4 is 17.6 Å². The molecule has 0 atom stereocenters. The topological polar surface area (TPSA) is 52.1 Å². The molecule has 18 heavy (non-hydrogen) atoms. The Labute approximate surface area is 110 Å². The minimum Gasteiger partial charge on any atom is -0.465 e. The molecule has 0 unspecified atom stereocenters. The van der Waals surface area contributed by atoms with Crippen LogP contribution in [0.15, 0.2) is 30.5 Å². The molecule has 1 aromatic heterocycles. The van der Waals surface area contributed by atoms with Gasteiger partial charge in [-0.15, -0.1) is 0 Å². The van der Waals surface area contributed by atoms with E-state index in [2.05, 4.69) is 14.7 Å². The molecule has 0 fully saturated rings. The van der Waals surface area contributed by atoms with Gasteiger partial charge in [0.1, 0.15) is 10.7 Å². The molecule has 0 N–H and O–H groups in total. The number of hydrogen-bond acceptors (Lipinski definition) is 4. The molecule has 2 rings (SSSR count). The van der Waals surface area contributed by atoms with E-state index >= 15 is 0 Å². The summed E-state index contributed by atoms with van der Waals surface area (Å²) in [4.78, 5) is 19.5. The minimum atomic E-state index is -0.546. The lowest BCUT2D eigenvalue weighted by molar-refractivity contribution is 0.0600. The van der Waals surface area contributed by atoms with Gasteiger partial charge >= 0.3 is 5.97 Å². The molecule has 0 spiro atoms. The van der Waals surface area contributed by atoms with Crippen molar-refractivity contribution in [3.05, 3.63) is 46.7 Å². The molecular weight excluding hydrogens is 252 g/mol. The molecular formula is C13H11ClN2O2. The SMILES string of the molecule is COC(=O)c1cnc(-c2ccc(C)cc2)nc1Cl. The molecule has 92 valence electrons. The lowest BCUT2D eigenvalue weighted by Crippen LogP contribution is -2.05. The summed E-state index contributed by atoms with van der Waals surface area (Å²) in [5.74, 6) is -0.0666. The van der Waals surface area contributed by atoms with Crippen LogP contribution >= 0.6 is 11.6 Å². The molecule has 5 heteroatoms. The highest BCUT2D eigenvalue weighted by Gasteiger charge is 2.13. The molecule has 2 aromatic rings. The van der Waals surface area contributed by atoms with Crippen molar-refractivity contribution in [2.75, 3.05) is 7.11 Å². The molecule has 0 aliphatic rings. The molecule has 0 aliphatic carbocycles. The number of halogens is 1. The standard InChI is InChI=1S/C13H11ClN2O2/c1-8-3-5-9(6-4-8)12-15-7-10(11(14)16-12)13(17)18-2/h3-7H,1-2H3. The van der Waals surface area contributed by atoms with Crippen molar-refractivity contribution < 1.29 is 9.53 Å². The molecule has 0 aliphatic heterocycles. The number of esters is 1. The zero-order chi connectivity index (χ0) is 13.1. The van der Waals surface area contributed by atoms with Crippen LogP contribution in [0.1, 0.15) is 15.9 Å². The van der Waals surface area contributed by atoms with Crippen LogP contribution in [0.4, 0.5) is 0 Å². The number of rotatable bonds is 2. The lowest BCUT2D eigenvalue weighted by atomic mass is 10.1. The van der Waals surface area contributed by atoms with Gasteiger partial charge in [0, 0.05) is 11.8 Å². The van der Waals surface area contributed by atoms with Gasteiger partial charge in [-0.05, 0) is 6.92 Å². The van der Waals surface area contributed by atoms with Crippen molar-refractivity contribution in [3.8, 4) is 11.4 Å². The number of ether oxygens (including phenoxy) is 1. The van der Waals surface area contributed by atoms with E-state index in [1.165, 1.54) is 13.3 Å². The maximum atomic E-state index is 11.3. The number of hydrogen-bond donors (Lipinski definition) is 0. The minimum absolute atomic E-state index is 0.0902. The van der Waals surface area contributed by atoms with Crippen molar-refractivity contribution in [1.29, 1.82) is 0 Å². The zero-order valence-corrected chi connectivity index (χ0v) is 10.7. The van der Waals surface area contributed by atoms with Crippen molar-refractivity contribution in [1.82, 2.24) is 9.97 Å². The van der Waals surface area contributed by atoms with Crippen LogP contribution < -0.4 is 0 Å². The first kappa shape index (κ1) is 12.5. The van der Waals surface area contributed by atoms with Crippen molar-refractivity contribution in [2.24, 2.45) is 0 Å². The Morgan fingerprint density at radius 3 is 2.50 bits per heavy atom. The second-order valence-electron chi connectivity index (χ2n) is 3.76. The maximum Gasteiger partial charge on any atom is 0.342 e. The summed E-state index contributed by atoms with van der Waals surface area (Å²) in [6.45, 7) is 2.00. The fourth-order valence-electron chi connectivity index (χ4n) is 1.45. The average Bonchev–Trinajstić information content (AvgIpc) is 2.38. The van der Waals surface area contributed by atoms with Gasteiger partial charge in [-0.25, -0.2) is 14.8 Å². The Hall–Kier alpha value is -1.94. The third kappa shape index (κ3) is 2.49. The van der Waals surface area contributed by atoms with E-state index in [4.69, 9.17) is 11.6 Å². The van der Waals surface area contributed by atoms with E-state index in [1.807, 2.05) is 31.2 Å². The second-order valence-corrected chi connectivity index (χ2v) is 4.11. The summed E-state index contributed by atoms with van der Waals surface area (Å²) in [6, 6.07) is 7.72. The third-order valence-corrected chi connectivity index (χ3v) is 2.75. The Morgan fingerprint density at radius 2 is 1.94 bits per heavy atom. The van der Waals surface area contributed by atoms with E-state index in [-0.39, 0.29) is 10.7 Å². The van der Waals surface area contributed by atoms with Crippen LogP contribution in [0.5, 0.6) is 0 Å². The third-order valence-electron chi connectivity index (χ3n) is 2.46. The number of carbonyl (C=O) groups excluding carboxylic acids is 1. The van der Waals surface area contributed by atoms with Gasteiger partial charge in [0.25, 0.3) is 0 Å². The van der Waals surface area contributed by atoms with Gasteiger partial charge in [-0.1, -0.05) is 41.4 Å². The van der Waals surface area contributed by atoms with Crippen LogP contribution in [0.2, 0.25) is 5.15 Å². The Bertz CT molecular complexity index is 582. The van der Waals surface area contributed by atoms with E-state index < -0.39 is 5.97 Å². The van der Waals surface area contributed by atoms with Crippen LogP contribution in [0.3, 0.4) is 0 Å². The van der Waals surface area contributed by atoms with Gasteiger partial charge < -0.3 is 4.74 Å². The second kappa shape index (κ2) is 5.14. The maximum absolute atomic E-state index is 11.3. The van der Waals surface area contributed by atoms with E-state index in [0.29, 0.717) is 5.82 Å². The van der Waals surface area contributed by atoms with Crippen LogP contribution in [0.25, 0.3) is 11.4 Å². The smallest absolute Gasteiger partial charge is 0.342 e. The number of methoxy groups -OCH3 is 1. The van der Waals surface area contributed by atoms with Gasteiger partial charge in [0.15, 0.2) is 5.82 Å². The number of aryl methyl sites for hydroxylation is 1. The quantitative estimate of drug-likeness (QED) is 0.617.